The second-order valence-electron chi connectivity index (χ2n) is 4.18. The van der Waals surface area contributed by atoms with E-state index in [4.69, 9.17) is 10.8 Å². The van der Waals surface area contributed by atoms with Crippen LogP contribution < -0.4 is 11.1 Å². The Kier molecular flexibility index (Phi) is 6.68. The lowest BCUT2D eigenvalue weighted by Gasteiger charge is -2.17. The van der Waals surface area contributed by atoms with Crippen molar-refractivity contribution in [1.82, 2.24) is 10.2 Å². The number of carboxylic acid groups (broad SMARTS) is 1. The topological polar surface area (TPSA) is 113 Å². The standard InChI is InChI=1S/C12H17N3O4S/c13-10(16)6-15(8-12(18)19)7-11(17)14-4-3-9-2-1-5-20-9/h1-2,5H,3-4,6-8H2,(H2,13,16)(H,14,17)(H,18,19). The lowest BCUT2D eigenvalue weighted by Crippen LogP contribution is -2.44. The number of nitrogens with two attached hydrogens (primary N) is 1. The van der Waals surface area contributed by atoms with Gasteiger partial charge >= 0.3 is 5.97 Å². The minimum atomic E-state index is -1.11. The largest absolute Gasteiger partial charge is 0.480 e. The van der Waals surface area contributed by atoms with Gasteiger partial charge in [0.25, 0.3) is 0 Å². The lowest BCUT2D eigenvalue weighted by atomic mass is 10.3. The van der Waals surface area contributed by atoms with Crippen molar-refractivity contribution in [3.8, 4) is 0 Å². The summed E-state index contributed by atoms with van der Waals surface area (Å²) >= 11 is 1.60. The van der Waals surface area contributed by atoms with Crippen molar-refractivity contribution in [2.24, 2.45) is 5.73 Å². The lowest BCUT2D eigenvalue weighted by molar-refractivity contribution is -0.139. The molecule has 110 valence electrons. The van der Waals surface area contributed by atoms with E-state index in [9.17, 15) is 14.4 Å². The van der Waals surface area contributed by atoms with Gasteiger partial charge in [-0.1, -0.05) is 6.07 Å². The quantitative estimate of drug-likeness (QED) is 0.557. The minimum absolute atomic E-state index is 0.167. The van der Waals surface area contributed by atoms with Crippen LogP contribution in [0, 0.1) is 0 Å². The van der Waals surface area contributed by atoms with Gasteiger partial charge in [0, 0.05) is 11.4 Å². The maximum absolute atomic E-state index is 11.7. The second-order valence-corrected chi connectivity index (χ2v) is 5.22. The normalized spacial score (nSPS) is 10.4. The maximum atomic E-state index is 11.7. The van der Waals surface area contributed by atoms with Gasteiger partial charge in [-0.25, -0.2) is 0 Å². The van der Waals surface area contributed by atoms with Gasteiger partial charge in [0.15, 0.2) is 0 Å². The van der Waals surface area contributed by atoms with E-state index in [0.29, 0.717) is 6.54 Å². The van der Waals surface area contributed by atoms with Gasteiger partial charge in [0.1, 0.15) is 0 Å². The molecule has 0 spiro atoms. The number of rotatable bonds is 9. The first-order chi connectivity index (χ1) is 9.47. The van der Waals surface area contributed by atoms with Gasteiger partial charge < -0.3 is 16.2 Å². The summed E-state index contributed by atoms with van der Waals surface area (Å²) in [6.45, 7) is -0.359. The Morgan fingerprint density at radius 1 is 1.30 bits per heavy atom. The van der Waals surface area contributed by atoms with Crippen LogP contribution in [0.15, 0.2) is 17.5 Å². The molecule has 0 aliphatic carbocycles. The molecule has 20 heavy (non-hydrogen) atoms. The van der Waals surface area contributed by atoms with Crippen molar-refractivity contribution >= 4 is 29.1 Å². The second kappa shape index (κ2) is 8.28. The fraction of sp³-hybridized carbons (Fsp3) is 0.417. The highest BCUT2D eigenvalue weighted by molar-refractivity contribution is 7.09. The van der Waals surface area contributed by atoms with Crippen LogP contribution >= 0.6 is 11.3 Å². The van der Waals surface area contributed by atoms with E-state index in [1.54, 1.807) is 11.3 Å². The third kappa shape index (κ3) is 6.86. The average Bonchev–Trinajstić information content (AvgIpc) is 2.79. The number of carboxylic acids is 1. The van der Waals surface area contributed by atoms with E-state index in [0.717, 1.165) is 11.3 Å². The Bertz CT molecular complexity index is 445. The first-order valence-electron chi connectivity index (χ1n) is 5.99. The van der Waals surface area contributed by atoms with E-state index in [1.165, 1.54) is 4.90 Å². The summed E-state index contributed by atoms with van der Waals surface area (Å²) in [5.74, 6) is -2.11. The molecule has 7 nitrogen and oxygen atoms in total. The molecule has 0 saturated heterocycles. The highest BCUT2D eigenvalue weighted by Crippen LogP contribution is 2.07. The van der Waals surface area contributed by atoms with Crippen LogP contribution in [0.2, 0.25) is 0 Å². The van der Waals surface area contributed by atoms with Crippen molar-refractivity contribution in [1.29, 1.82) is 0 Å². The molecule has 0 unspecified atom stereocenters. The number of primary amides is 1. The Balaban J connectivity index is 2.32. The fourth-order valence-corrected chi connectivity index (χ4v) is 2.33. The van der Waals surface area contributed by atoms with Gasteiger partial charge in [0.05, 0.1) is 19.6 Å². The summed E-state index contributed by atoms with van der Waals surface area (Å²) < 4.78 is 0. The van der Waals surface area contributed by atoms with E-state index in [2.05, 4.69) is 5.32 Å². The number of aliphatic carboxylic acids is 1. The molecule has 4 N–H and O–H groups in total. The molecule has 1 heterocycles. The summed E-state index contributed by atoms with van der Waals surface area (Å²) in [7, 11) is 0. The summed E-state index contributed by atoms with van der Waals surface area (Å²) in [5.41, 5.74) is 5.01. The highest BCUT2D eigenvalue weighted by atomic mass is 32.1. The predicted octanol–water partition coefficient (Wildman–Crippen LogP) is -0.721. The molecular formula is C12H17N3O4S. The van der Waals surface area contributed by atoms with Crippen LogP contribution in [0.3, 0.4) is 0 Å². The third-order valence-electron chi connectivity index (χ3n) is 2.38. The Hall–Kier alpha value is -1.93. The Morgan fingerprint density at radius 3 is 2.60 bits per heavy atom. The molecule has 0 aromatic carbocycles. The molecule has 1 aromatic heterocycles. The summed E-state index contributed by atoms with van der Waals surface area (Å²) in [6.07, 6.45) is 0.720. The van der Waals surface area contributed by atoms with Crippen molar-refractivity contribution in [2.45, 2.75) is 6.42 Å². The SMILES string of the molecule is NC(=O)CN(CC(=O)O)CC(=O)NCCc1cccs1. The summed E-state index contributed by atoms with van der Waals surface area (Å²) in [6, 6.07) is 3.91. The molecule has 0 bridgehead atoms. The van der Waals surface area contributed by atoms with Crippen LogP contribution in [0.5, 0.6) is 0 Å². The van der Waals surface area contributed by atoms with Gasteiger partial charge in [-0.15, -0.1) is 11.3 Å². The van der Waals surface area contributed by atoms with Gasteiger partial charge in [-0.3, -0.25) is 19.3 Å². The summed E-state index contributed by atoms with van der Waals surface area (Å²) in [5, 5.41) is 13.3. The van der Waals surface area contributed by atoms with Crippen LogP contribution in [-0.2, 0) is 20.8 Å². The molecule has 0 fully saturated rings. The van der Waals surface area contributed by atoms with Gasteiger partial charge in [0.2, 0.25) is 11.8 Å². The maximum Gasteiger partial charge on any atom is 0.317 e. The molecule has 0 atom stereocenters. The van der Waals surface area contributed by atoms with Gasteiger partial charge in [-0.05, 0) is 17.9 Å². The van der Waals surface area contributed by atoms with Crippen molar-refractivity contribution < 1.29 is 19.5 Å². The fourth-order valence-electron chi connectivity index (χ4n) is 1.62. The van der Waals surface area contributed by atoms with Crippen molar-refractivity contribution in [2.75, 3.05) is 26.2 Å². The molecule has 0 aliphatic heterocycles. The van der Waals surface area contributed by atoms with Gasteiger partial charge in [-0.2, -0.15) is 0 Å². The van der Waals surface area contributed by atoms with Crippen LogP contribution in [0.1, 0.15) is 4.88 Å². The molecule has 8 heteroatoms. The average molecular weight is 299 g/mol. The number of amides is 2. The number of hydrogen-bond acceptors (Lipinski definition) is 5. The summed E-state index contributed by atoms with van der Waals surface area (Å²) in [4.78, 5) is 35.4. The number of carbonyl (C=O) groups excluding carboxylic acids is 2. The first kappa shape index (κ1) is 16.1. The monoisotopic (exact) mass is 299 g/mol. The zero-order chi connectivity index (χ0) is 15.0. The molecule has 0 aliphatic rings. The molecule has 0 saturated carbocycles. The Labute approximate surface area is 120 Å². The number of carbonyl (C=O) groups is 3. The number of thiophene rings is 1. The molecular weight excluding hydrogens is 282 g/mol. The van der Waals surface area contributed by atoms with E-state index in [1.807, 2.05) is 17.5 Å². The number of hydrogen-bond donors (Lipinski definition) is 3. The zero-order valence-electron chi connectivity index (χ0n) is 10.9. The van der Waals surface area contributed by atoms with Crippen molar-refractivity contribution in [3.05, 3.63) is 22.4 Å². The minimum Gasteiger partial charge on any atom is -0.480 e. The van der Waals surface area contributed by atoms with Crippen LogP contribution in [0.4, 0.5) is 0 Å². The van der Waals surface area contributed by atoms with E-state index in [-0.39, 0.29) is 19.0 Å². The highest BCUT2D eigenvalue weighted by Gasteiger charge is 2.15. The molecule has 0 radical (unpaired) electrons. The van der Waals surface area contributed by atoms with E-state index < -0.39 is 18.4 Å². The van der Waals surface area contributed by atoms with Crippen LogP contribution in [-0.4, -0.2) is 54.0 Å². The Morgan fingerprint density at radius 2 is 2.05 bits per heavy atom. The third-order valence-corrected chi connectivity index (χ3v) is 3.32. The molecule has 1 aromatic rings. The van der Waals surface area contributed by atoms with Crippen molar-refractivity contribution in [3.63, 3.8) is 0 Å². The smallest absolute Gasteiger partial charge is 0.317 e. The first-order valence-corrected chi connectivity index (χ1v) is 6.87. The molecule has 2 amide bonds. The van der Waals surface area contributed by atoms with E-state index >= 15 is 0 Å². The number of nitrogens with one attached hydrogen (secondary N) is 1. The van der Waals surface area contributed by atoms with Crippen LogP contribution in [0.25, 0.3) is 0 Å². The number of nitrogens with zero attached hydrogens (tertiary/aromatic N) is 1. The predicted molar refractivity (Wildman–Crippen MR) is 74.3 cm³/mol. The zero-order valence-corrected chi connectivity index (χ0v) is 11.7. The molecule has 1 rings (SSSR count).